The smallest absolute Gasteiger partial charge is 0.0495 e. The van der Waals surface area contributed by atoms with E-state index < -0.39 is 0 Å². The zero-order valence-electron chi connectivity index (χ0n) is 53.0. The molecule has 0 amide bonds. The molecule has 12 rings (SSSR count). The van der Waals surface area contributed by atoms with Crippen LogP contribution in [0.5, 0.6) is 0 Å². The van der Waals surface area contributed by atoms with Crippen LogP contribution in [-0.2, 0) is 0 Å². The highest BCUT2D eigenvalue weighted by Crippen LogP contribution is 2.50. The van der Waals surface area contributed by atoms with E-state index >= 15 is 0 Å². The summed E-state index contributed by atoms with van der Waals surface area (Å²) in [7, 11) is 0. The molecule has 4 nitrogen and oxygen atoms in total. The van der Waals surface area contributed by atoms with Crippen molar-refractivity contribution >= 4 is 68.2 Å². The molecule has 0 heterocycles. The Labute approximate surface area is 522 Å². The molecule has 88 heavy (non-hydrogen) atoms. The number of rotatable bonds is 15. The van der Waals surface area contributed by atoms with Gasteiger partial charge < -0.3 is 19.6 Å². The minimum atomic E-state index is 1.10. The zero-order chi connectivity index (χ0) is 61.3. The first kappa shape index (κ1) is 58.2. The fourth-order valence-corrected chi connectivity index (χ4v) is 13.0. The van der Waals surface area contributed by atoms with Crippen LogP contribution in [-0.4, -0.2) is 0 Å². The number of nitrogens with zero attached hydrogens (tertiary/aromatic N) is 4. The van der Waals surface area contributed by atoms with Crippen LogP contribution in [0.1, 0.15) is 66.8 Å². The number of benzene rings is 12. The van der Waals surface area contributed by atoms with Crippen molar-refractivity contribution in [2.75, 3.05) is 19.6 Å². The van der Waals surface area contributed by atoms with Crippen molar-refractivity contribution in [1.29, 1.82) is 0 Å². The third-order valence-corrected chi connectivity index (χ3v) is 17.5. The molecule has 434 valence electrons. The molecule has 12 aromatic carbocycles. The average Bonchev–Trinajstić information content (AvgIpc) is 1.81. The summed E-state index contributed by atoms with van der Waals surface area (Å²) in [6.45, 7) is 26.7. The summed E-state index contributed by atoms with van der Waals surface area (Å²) in [6.07, 6.45) is 0. The van der Waals surface area contributed by atoms with Crippen LogP contribution in [0.25, 0.3) is 33.4 Å². The molecule has 0 fully saturated rings. The van der Waals surface area contributed by atoms with Gasteiger partial charge in [-0.2, -0.15) is 0 Å². The lowest BCUT2D eigenvalue weighted by Crippen LogP contribution is -2.18. The Kier molecular flexibility index (Phi) is 16.3. The Bertz CT molecular complexity index is 4030. The van der Waals surface area contributed by atoms with Gasteiger partial charge in [0, 0.05) is 68.2 Å². The van der Waals surface area contributed by atoms with Crippen molar-refractivity contribution in [3.05, 3.63) is 322 Å². The Morgan fingerprint density at radius 2 is 0.375 bits per heavy atom. The maximum atomic E-state index is 2.53. The van der Waals surface area contributed by atoms with Crippen molar-refractivity contribution in [2.45, 2.75) is 83.1 Å². The molecule has 0 spiro atoms. The quantitative estimate of drug-likeness (QED) is 0.101. The average molecular weight is 1140 g/mol. The lowest BCUT2D eigenvalue weighted by molar-refractivity contribution is 1.15. The van der Waals surface area contributed by atoms with Crippen molar-refractivity contribution in [1.82, 2.24) is 0 Å². The second kappa shape index (κ2) is 24.7. The van der Waals surface area contributed by atoms with Gasteiger partial charge in [0.2, 0.25) is 0 Å². The molecule has 0 saturated heterocycles. The summed E-state index contributed by atoms with van der Waals surface area (Å²) in [5.74, 6) is 0. The topological polar surface area (TPSA) is 13.0 Å². The van der Waals surface area contributed by atoms with E-state index in [9.17, 15) is 0 Å². The first-order chi connectivity index (χ1) is 42.6. The standard InChI is InChI=1S/C84H78N4/c1-55-28-43-76(58(4)46-55)67-31-37-73(38-32-67)85(70-22-16-13-17-23-70)79-49-64(10)82(52-61(79)7)88(83-53-62(8)80(50-65(83)11)86(71-24-18-14-19-25-71)74-39-33-68(34-40-74)77-44-29-56(2)47-59(77)5)84-54-63(9)81(51-66(84)12)87(72-26-20-15-21-27-72)75-41-35-69(36-42-75)78-45-30-57(3)48-60(78)6/h13-54H,1-12H3. The normalized spacial score (nSPS) is 11.2. The van der Waals surface area contributed by atoms with E-state index in [1.807, 2.05) is 0 Å². The fraction of sp³-hybridized carbons (Fsp3) is 0.143. The Morgan fingerprint density at radius 3 is 0.591 bits per heavy atom. The van der Waals surface area contributed by atoms with Crippen LogP contribution in [0, 0.1) is 83.1 Å². The van der Waals surface area contributed by atoms with Crippen LogP contribution in [0.15, 0.2) is 255 Å². The highest BCUT2D eigenvalue weighted by molar-refractivity contribution is 5.91. The van der Waals surface area contributed by atoms with E-state index in [0.717, 1.165) is 102 Å². The number of anilines is 12. The van der Waals surface area contributed by atoms with Crippen LogP contribution < -0.4 is 19.6 Å². The highest BCUT2D eigenvalue weighted by Gasteiger charge is 2.27. The van der Waals surface area contributed by atoms with Crippen LogP contribution in [0.2, 0.25) is 0 Å². The fourth-order valence-electron chi connectivity index (χ4n) is 13.0. The second-order valence-corrected chi connectivity index (χ2v) is 24.2. The van der Waals surface area contributed by atoms with Crippen molar-refractivity contribution in [3.8, 4) is 33.4 Å². The number of hydrogen-bond acceptors (Lipinski definition) is 4. The molecular weight excluding hydrogens is 1060 g/mol. The molecule has 12 aromatic rings. The van der Waals surface area contributed by atoms with Gasteiger partial charge in [-0.05, 0) is 276 Å². The Hall–Kier alpha value is -10.2. The largest absolute Gasteiger partial charge is 0.310 e. The molecule has 0 aromatic heterocycles. The molecule has 0 aliphatic carbocycles. The predicted octanol–water partition coefficient (Wildman–Crippen LogP) is 24.3. The van der Waals surface area contributed by atoms with Crippen LogP contribution in [0.3, 0.4) is 0 Å². The molecule has 0 N–H and O–H groups in total. The third kappa shape index (κ3) is 11.7. The maximum absolute atomic E-state index is 2.53. The predicted molar refractivity (Wildman–Crippen MR) is 378 cm³/mol. The number of hydrogen-bond donors (Lipinski definition) is 0. The lowest BCUT2D eigenvalue weighted by Gasteiger charge is -2.35. The summed E-state index contributed by atoms with van der Waals surface area (Å²) in [6, 6.07) is 94.2. The Morgan fingerprint density at radius 1 is 0.170 bits per heavy atom. The molecule has 0 bridgehead atoms. The van der Waals surface area contributed by atoms with Gasteiger partial charge in [-0.15, -0.1) is 0 Å². The summed E-state index contributed by atoms with van der Waals surface area (Å²) in [5.41, 5.74) is 35.3. The van der Waals surface area contributed by atoms with Gasteiger partial charge in [-0.25, -0.2) is 0 Å². The maximum Gasteiger partial charge on any atom is 0.0495 e. The number of aryl methyl sites for hydroxylation is 12. The summed E-state index contributed by atoms with van der Waals surface area (Å²) >= 11 is 0. The monoisotopic (exact) mass is 1140 g/mol. The van der Waals surface area contributed by atoms with Gasteiger partial charge in [0.05, 0.1) is 0 Å². The molecule has 4 heteroatoms. The van der Waals surface area contributed by atoms with Crippen molar-refractivity contribution in [2.24, 2.45) is 0 Å². The zero-order valence-corrected chi connectivity index (χ0v) is 53.0. The van der Waals surface area contributed by atoms with Crippen LogP contribution >= 0.6 is 0 Å². The molecule has 0 aliphatic rings. The van der Waals surface area contributed by atoms with E-state index in [1.54, 1.807) is 0 Å². The molecular formula is C84H78N4. The van der Waals surface area contributed by atoms with Gasteiger partial charge in [0.25, 0.3) is 0 Å². The highest BCUT2D eigenvalue weighted by atomic mass is 15.2. The first-order valence-electron chi connectivity index (χ1n) is 30.8. The first-order valence-corrected chi connectivity index (χ1v) is 30.8. The van der Waals surface area contributed by atoms with E-state index in [0.29, 0.717) is 0 Å². The van der Waals surface area contributed by atoms with Gasteiger partial charge in [0.15, 0.2) is 0 Å². The summed E-state index contributed by atoms with van der Waals surface area (Å²) < 4.78 is 0. The van der Waals surface area contributed by atoms with Gasteiger partial charge >= 0.3 is 0 Å². The van der Waals surface area contributed by atoms with Crippen molar-refractivity contribution in [3.63, 3.8) is 0 Å². The molecule has 0 saturated carbocycles. The van der Waals surface area contributed by atoms with Gasteiger partial charge in [-0.3, -0.25) is 0 Å². The molecule has 0 unspecified atom stereocenters. The van der Waals surface area contributed by atoms with E-state index in [2.05, 4.69) is 357 Å². The van der Waals surface area contributed by atoms with E-state index in [1.165, 1.54) is 66.8 Å². The molecule has 0 atom stereocenters. The molecule has 0 radical (unpaired) electrons. The lowest BCUT2D eigenvalue weighted by atomic mass is 9.97. The Balaban J connectivity index is 1.01. The number of para-hydroxylation sites is 3. The summed E-state index contributed by atoms with van der Waals surface area (Å²) in [5, 5.41) is 0. The minimum Gasteiger partial charge on any atom is -0.310 e. The van der Waals surface area contributed by atoms with Crippen LogP contribution in [0.4, 0.5) is 68.2 Å². The van der Waals surface area contributed by atoms with Gasteiger partial charge in [-0.1, -0.05) is 162 Å². The van der Waals surface area contributed by atoms with E-state index in [4.69, 9.17) is 0 Å². The minimum absolute atomic E-state index is 1.10. The SMILES string of the molecule is Cc1ccc(-c2ccc(N(c3ccccc3)c3cc(C)c(N(c4cc(C)c(N(c5ccccc5)c5ccc(-c6ccc(C)cc6C)cc5)cc4C)c4cc(C)c(N(c5ccccc5)c5ccc(-c6ccc(C)cc6C)cc5)cc4C)cc3C)cc2)c(C)c1. The molecule has 0 aliphatic heterocycles. The third-order valence-electron chi connectivity index (χ3n) is 17.5. The van der Waals surface area contributed by atoms with E-state index in [-0.39, 0.29) is 0 Å². The van der Waals surface area contributed by atoms with Crippen molar-refractivity contribution < 1.29 is 0 Å². The van der Waals surface area contributed by atoms with Gasteiger partial charge in [0.1, 0.15) is 0 Å². The second-order valence-electron chi connectivity index (χ2n) is 24.2. The summed E-state index contributed by atoms with van der Waals surface area (Å²) in [4.78, 5) is 9.77.